The Balaban J connectivity index is 0.000000185. The molecular weight excluding hydrogens is 1020 g/mol. The highest BCUT2D eigenvalue weighted by atomic mass is 16.3. The maximum atomic E-state index is 13.2. The molecule has 0 atom stereocenters. The highest BCUT2D eigenvalue weighted by Crippen LogP contribution is 2.36. The van der Waals surface area contributed by atoms with Crippen molar-refractivity contribution < 1.29 is 14.7 Å². The summed E-state index contributed by atoms with van der Waals surface area (Å²) in [5.41, 5.74) is 7.54. The normalized spacial score (nSPS) is 15.2. The second-order valence-corrected chi connectivity index (χ2v) is 22.0. The van der Waals surface area contributed by atoms with Gasteiger partial charge in [-0.2, -0.15) is 4.98 Å². The molecule has 3 fully saturated rings. The highest BCUT2D eigenvalue weighted by Gasteiger charge is 2.23. The zero-order valence-corrected chi connectivity index (χ0v) is 47.3. The standard InChI is InChI=1S/C35H43N7O2.C27H32N8O2/c1-40(2)28-11-7-25(8-12-28)38-35-29-13-9-26(36-33(43)15-21-41-17-3-4-18-41)23-31(29)39-32-24-27(10-14-30(32)35)37-34(44)16-22-42-19-5-6-20-42;1-5-13-34-25(36)21-18-28-26(29-19-9-11-20(12-10-19)33-16-14-32(4)15-17-33)31-24(21)35(34)23-8-6-7-22(30-23)27(2,3)37/h7-14,23-24H,3-6,15-22H2,1-2H3,(H,36,43)(H,37,44)(H,38,39);5-12,18,37H,1,13-17H2,2-4H3,(H,28,29,31). The van der Waals surface area contributed by atoms with Crippen molar-refractivity contribution in [2.45, 2.75) is 64.5 Å². The smallest absolute Gasteiger partial charge is 0.278 e. The van der Waals surface area contributed by atoms with Crippen molar-refractivity contribution >= 4 is 90.4 Å². The van der Waals surface area contributed by atoms with Crippen molar-refractivity contribution in [2.75, 3.05) is 118 Å². The zero-order chi connectivity index (χ0) is 56.6. The first kappa shape index (κ1) is 56.1. The van der Waals surface area contributed by atoms with Crippen molar-refractivity contribution in [1.29, 1.82) is 0 Å². The highest BCUT2D eigenvalue weighted by molar-refractivity contribution is 6.11. The number of aromatic nitrogens is 6. The van der Waals surface area contributed by atoms with Crippen LogP contribution < -0.4 is 36.6 Å². The fourth-order valence-electron chi connectivity index (χ4n) is 10.6. The third-order valence-corrected chi connectivity index (χ3v) is 15.3. The molecule has 0 saturated carbocycles. The molecule has 11 rings (SSSR count). The average molecular weight is 1090 g/mol. The molecule has 19 heteroatoms. The number of anilines is 8. The number of nitrogens with zero attached hydrogens (tertiary/aromatic N) is 11. The Morgan fingerprint density at radius 2 is 1.23 bits per heavy atom. The van der Waals surface area contributed by atoms with E-state index in [1.54, 1.807) is 42.8 Å². The van der Waals surface area contributed by atoms with Crippen molar-refractivity contribution in [2.24, 2.45) is 0 Å². The molecule has 0 radical (unpaired) electrons. The number of hydrogen-bond acceptors (Lipinski definition) is 15. The quantitative estimate of drug-likeness (QED) is 0.0403. The Labute approximate surface area is 473 Å². The van der Waals surface area contributed by atoms with E-state index in [1.165, 1.54) is 42.2 Å². The first-order valence-corrected chi connectivity index (χ1v) is 28.2. The van der Waals surface area contributed by atoms with E-state index in [0.717, 1.165) is 121 Å². The summed E-state index contributed by atoms with van der Waals surface area (Å²) < 4.78 is 3.16. The van der Waals surface area contributed by atoms with Crippen LogP contribution in [0.3, 0.4) is 0 Å². The molecule has 81 heavy (non-hydrogen) atoms. The third-order valence-electron chi connectivity index (χ3n) is 15.3. The molecule has 3 saturated heterocycles. The molecule has 4 aromatic carbocycles. The Hall–Kier alpha value is -8.23. The number of amides is 2. The summed E-state index contributed by atoms with van der Waals surface area (Å²) in [5, 5.41) is 25.8. The average Bonchev–Trinajstić information content (AvgIpc) is 4.27. The fourth-order valence-corrected chi connectivity index (χ4v) is 10.6. The SMILES string of the molecule is C=CCn1c(=O)c2cnc(Nc3ccc(N4CCN(C)CC4)cc3)nc2n1-c1cccc(C(C)(C)O)n1.CN(C)c1ccc(Nc2c3ccc(NC(=O)CCN4CCCC4)cc3nc3cc(NC(=O)CCN4CCCC4)ccc23)cc1. The van der Waals surface area contributed by atoms with Gasteiger partial charge < -0.3 is 50.9 Å². The molecule has 3 aliphatic heterocycles. The van der Waals surface area contributed by atoms with E-state index in [2.05, 4.69) is 106 Å². The van der Waals surface area contributed by atoms with Crippen molar-refractivity contribution in [3.63, 3.8) is 0 Å². The summed E-state index contributed by atoms with van der Waals surface area (Å²) >= 11 is 0. The largest absolute Gasteiger partial charge is 0.384 e. The number of nitrogens with one attached hydrogen (secondary N) is 4. The van der Waals surface area contributed by atoms with Crippen LogP contribution in [-0.2, 0) is 21.7 Å². The van der Waals surface area contributed by atoms with Gasteiger partial charge in [-0.3, -0.25) is 14.4 Å². The lowest BCUT2D eigenvalue weighted by Crippen LogP contribution is -2.44. The van der Waals surface area contributed by atoms with Gasteiger partial charge in [0.15, 0.2) is 11.5 Å². The first-order valence-electron chi connectivity index (χ1n) is 28.2. The summed E-state index contributed by atoms with van der Waals surface area (Å²) in [4.78, 5) is 68.9. The molecule has 5 N–H and O–H groups in total. The second-order valence-electron chi connectivity index (χ2n) is 22.0. The third kappa shape index (κ3) is 13.7. The minimum Gasteiger partial charge on any atom is -0.384 e. The predicted molar refractivity (Wildman–Crippen MR) is 327 cm³/mol. The number of benzene rings is 4. The second kappa shape index (κ2) is 25.1. The van der Waals surface area contributed by atoms with Gasteiger partial charge in [0, 0.05) is 117 Å². The number of rotatable bonds is 18. The Morgan fingerprint density at radius 3 is 1.79 bits per heavy atom. The van der Waals surface area contributed by atoms with Crippen LogP contribution in [0.15, 0.2) is 127 Å². The van der Waals surface area contributed by atoms with E-state index in [0.29, 0.717) is 41.3 Å². The van der Waals surface area contributed by atoms with E-state index in [9.17, 15) is 19.5 Å². The van der Waals surface area contributed by atoms with Crippen LogP contribution in [0.25, 0.3) is 38.7 Å². The molecule has 0 unspecified atom stereocenters. The van der Waals surface area contributed by atoms with E-state index in [-0.39, 0.29) is 23.9 Å². The number of carbonyl (C=O) groups excluding carboxylic acids is 2. The molecule has 0 spiro atoms. The van der Waals surface area contributed by atoms with Crippen LogP contribution in [0, 0.1) is 0 Å². The number of likely N-dealkylation sites (tertiary alicyclic amines) is 2. The van der Waals surface area contributed by atoms with Crippen LogP contribution in [-0.4, -0.2) is 148 Å². The maximum Gasteiger partial charge on any atom is 0.278 e. The van der Waals surface area contributed by atoms with Gasteiger partial charge in [0.25, 0.3) is 5.56 Å². The molecule has 2 amide bonds. The molecule has 7 heterocycles. The summed E-state index contributed by atoms with van der Waals surface area (Å²) in [5.74, 6) is 0.850. The molecule has 0 bridgehead atoms. The summed E-state index contributed by atoms with van der Waals surface area (Å²) in [6, 6.07) is 33.6. The molecule has 4 aromatic heterocycles. The van der Waals surface area contributed by atoms with E-state index in [4.69, 9.17) is 9.97 Å². The minimum atomic E-state index is -1.14. The summed E-state index contributed by atoms with van der Waals surface area (Å²) in [6.07, 6.45) is 8.97. The van der Waals surface area contributed by atoms with Crippen LogP contribution in [0.1, 0.15) is 58.1 Å². The summed E-state index contributed by atoms with van der Waals surface area (Å²) in [6.45, 7) is 17.4. The van der Waals surface area contributed by atoms with Gasteiger partial charge in [0.2, 0.25) is 17.8 Å². The lowest BCUT2D eigenvalue weighted by molar-refractivity contribution is -0.117. The number of piperazine rings is 1. The topological polar surface area (TPSA) is 197 Å². The van der Waals surface area contributed by atoms with Gasteiger partial charge in [-0.1, -0.05) is 12.1 Å². The van der Waals surface area contributed by atoms with E-state index >= 15 is 0 Å². The number of aliphatic hydroxyl groups is 1. The molecule has 0 aliphatic carbocycles. The number of likely N-dealkylation sites (N-methyl/N-ethyl adjacent to an activating group) is 1. The summed E-state index contributed by atoms with van der Waals surface area (Å²) in [7, 11) is 6.20. The number of carbonyl (C=O) groups is 2. The predicted octanol–water partition coefficient (Wildman–Crippen LogP) is 8.93. The zero-order valence-electron chi connectivity index (χ0n) is 47.3. The van der Waals surface area contributed by atoms with Gasteiger partial charge in [0.05, 0.1) is 29.0 Å². The van der Waals surface area contributed by atoms with Crippen LogP contribution in [0.2, 0.25) is 0 Å². The van der Waals surface area contributed by atoms with Gasteiger partial charge in [-0.05, 0) is 170 Å². The minimum absolute atomic E-state index is 0.00954. The van der Waals surface area contributed by atoms with Gasteiger partial charge in [-0.15, -0.1) is 6.58 Å². The maximum absolute atomic E-state index is 13.2. The van der Waals surface area contributed by atoms with Crippen molar-refractivity contribution in [3.05, 3.63) is 138 Å². The Kier molecular flexibility index (Phi) is 17.3. The van der Waals surface area contributed by atoms with Crippen molar-refractivity contribution in [3.8, 4) is 5.82 Å². The number of pyridine rings is 2. The van der Waals surface area contributed by atoms with Crippen LogP contribution in [0.5, 0.6) is 0 Å². The Bertz CT molecular complexity index is 3480. The molecular formula is C62H75N15O4. The van der Waals surface area contributed by atoms with Gasteiger partial charge in [0.1, 0.15) is 11.0 Å². The Morgan fingerprint density at radius 1 is 0.679 bits per heavy atom. The first-order chi connectivity index (χ1) is 39.1. The lowest BCUT2D eigenvalue weighted by Gasteiger charge is -2.34. The van der Waals surface area contributed by atoms with E-state index in [1.807, 2.05) is 62.6 Å². The van der Waals surface area contributed by atoms with E-state index < -0.39 is 5.60 Å². The lowest BCUT2D eigenvalue weighted by atomic mass is 10.1. The number of allylic oxidation sites excluding steroid dienone is 1. The fraction of sp³-hybridized carbons (Fsp3) is 0.371. The molecule has 19 nitrogen and oxygen atoms in total. The number of hydrogen-bond donors (Lipinski definition) is 5. The molecule has 3 aliphatic rings. The molecule has 8 aromatic rings. The molecule has 422 valence electrons. The van der Waals surface area contributed by atoms with Crippen LogP contribution in [0.4, 0.5) is 45.8 Å². The van der Waals surface area contributed by atoms with Crippen molar-refractivity contribution in [1.82, 2.24) is 44.0 Å². The van der Waals surface area contributed by atoms with Gasteiger partial charge >= 0.3 is 0 Å². The van der Waals surface area contributed by atoms with Crippen LogP contribution >= 0.6 is 0 Å². The number of fused-ring (bicyclic) bond motifs is 3. The monoisotopic (exact) mass is 1090 g/mol. The van der Waals surface area contributed by atoms with Gasteiger partial charge in [-0.25, -0.2) is 24.3 Å².